The van der Waals surface area contributed by atoms with Crippen LogP contribution in [-0.2, 0) is 6.54 Å². The van der Waals surface area contributed by atoms with Crippen molar-refractivity contribution in [2.24, 2.45) is 5.41 Å². The Labute approximate surface area is 125 Å². The van der Waals surface area contributed by atoms with Gasteiger partial charge in [0.15, 0.2) is 0 Å². The van der Waals surface area contributed by atoms with Gasteiger partial charge in [0.05, 0.1) is 16.4 Å². The van der Waals surface area contributed by atoms with E-state index < -0.39 is 0 Å². The van der Waals surface area contributed by atoms with E-state index in [1.807, 2.05) is 13.0 Å². The van der Waals surface area contributed by atoms with Crippen molar-refractivity contribution in [3.8, 4) is 0 Å². The van der Waals surface area contributed by atoms with Gasteiger partial charge in [-0.2, -0.15) is 0 Å². The van der Waals surface area contributed by atoms with Crippen LogP contribution in [0.5, 0.6) is 0 Å². The third kappa shape index (κ3) is 2.83. The standard InChI is InChI=1S/C16H22ClFN2/c1-6-16(4,5)9-20-14-7-10(2)12(18)8-13(14)19-15(20)11(3)17/h7-8,11H,6,9H2,1-5H3. The Kier molecular flexibility index (Phi) is 4.10. The van der Waals surface area contributed by atoms with E-state index in [9.17, 15) is 4.39 Å². The van der Waals surface area contributed by atoms with Crippen LogP contribution in [0.3, 0.4) is 0 Å². The molecule has 0 bridgehead atoms. The molecule has 2 aromatic rings. The van der Waals surface area contributed by atoms with Crippen molar-refractivity contribution in [2.45, 2.75) is 53.0 Å². The zero-order valence-electron chi connectivity index (χ0n) is 12.8. The van der Waals surface area contributed by atoms with Crippen LogP contribution in [0.15, 0.2) is 12.1 Å². The molecule has 110 valence electrons. The molecule has 0 amide bonds. The number of alkyl halides is 1. The highest BCUT2D eigenvalue weighted by molar-refractivity contribution is 6.20. The van der Waals surface area contributed by atoms with Crippen molar-refractivity contribution in [3.05, 3.63) is 29.3 Å². The SMILES string of the molecule is CCC(C)(C)Cn1c(C(C)Cl)nc2cc(F)c(C)cc21. The van der Waals surface area contributed by atoms with E-state index >= 15 is 0 Å². The van der Waals surface area contributed by atoms with Gasteiger partial charge in [-0.05, 0) is 37.3 Å². The first-order chi connectivity index (χ1) is 9.25. The minimum absolute atomic E-state index is 0.149. The van der Waals surface area contributed by atoms with Crippen LogP contribution in [0.4, 0.5) is 4.39 Å². The lowest BCUT2D eigenvalue weighted by Crippen LogP contribution is -2.20. The van der Waals surface area contributed by atoms with Crippen molar-refractivity contribution >= 4 is 22.6 Å². The summed E-state index contributed by atoms with van der Waals surface area (Å²) in [7, 11) is 0. The minimum Gasteiger partial charge on any atom is -0.326 e. The Morgan fingerprint density at radius 3 is 2.60 bits per heavy atom. The molecule has 0 spiro atoms. The number of aromatic nitrogens is 2. The van der Waals surface area contributed by atoms with Crippen LogP contribution in [0.2, 0.25) is 0 Å². The Bertz CT molecular complexity index is 629. The van der Waals surface area contributed by atoms with Crippen molar-refractivity contribution in [1.29, 1.82) is 0 Å². The van der Waals surface area contributed by atoms with Crippen LogP contribution in [-0.4, -0.2) is 9.55 Å². The van der Waals surface area contributed by atoms with E-state index in [1.54, 1.807) is 6.92 Å². The molecule has 2 rings (SSSR count). The molecule has 1 aromatic heterocycles. The predicted octanol–water partition coefficient (Wildman–Crippen LogP) is 5.22. The molecule has 0 fully saturated rings. The monoisotopic (exact) mass is 296 g/mol. The Morgan fingerprint density at radius 2 is 2.05 bits per heavy atom. The van der Waals surface area contributed by atoms with Gasteiger partial charge >= 0.3 is 0 Å². The smallest absolute Gasteiger partial charge is 0.128 e. The zero-order chi connectivity index (χ0) is 15.1. The largest absolute Gasteiger partial charge is 0.326 e. The van der Waals surface area contributed by atoms with Gasteiger partial charge in [-0.15, -0.1) is 11.6 Å². The topological polar surface area (TPSA) is 17.8 Å². The van der Waals surface area contributed by atoms with Crippen LogP contribution in [0.25, 0.3) is 11.0 Å². The molecule has 0 aliphatic heterocycles. The Morgan fingerprint density at radius 1 is 1.40 bits per heavy atom. The second-order valence-electron chi connectivity index (χ2n) is 6.28. The summed E-state index contributed by atoms with van der Waals surface area (Å²) in [6, 6.07) is 3.37. The molecule has 0 saturated heterocycles. The van der Waals surface area contributed by atoms with Crippen molar-refractivity contribution < 1.29 is 4.39 Å². The highest BCUT2D eigenvalue weighted by atomic mass is 35.5. The molecule has 1 atom stereocenters. The van der Waals surface area contributed by atoms with E-state index in [2.05, 4.69) is 30.3 Å². The summed E-state index contributed by atoms with van der Waals surface area (Å²) in [5.74, 6) is 0.596. The average Bonchev–Trinajstić information content (AvgIpc) is 2.68. The summed E-state index contributed by atoms with van der Waals surface area (Å²) in [6.45, 7) is 11.1. The first-order valence-electron chi connectivity index (χ1n) is 7.05. The van der Waals surface area contributed by atoms with E-state index in [4.69, 9.17) is 11.6 Å². The molecular weight excluding hydrogens is 275 g/mol. The maximum absolute atomic E-state index is 13.7. The first-order valence-corrected chi connectivity index (χ1v) is 7.49. The lowest BCUT2D eigenvalue weighted by atomic mass is 9.90. The molecule has 0 aliphatic carbocycles. The van der Waals surface area contributed by atoms with Crippen LogP contribution < -0.4 is 0 Å². The van der Waals surface area contributed by atoms with Gasteiger partial charge in [0.1, 0.15) is 11.6 Å². The minimum atomic E-state index is -0.217. The predicted molar refractivity (Wildman–Crippen MR) is 82.8 cm³/mol. The Balaban J connectivity index is 2.65. The van der Waals surface area contributed by atoms with Crippen molar-refractivity contribution in [2.75, 3.05) is 0 Å². The fraction of sp³-hybridized carbons (Fsp3) is 0.562. The summed E-state index contributed by atoms with van der Waals surface area (Å²) < 4.78 is 15.9. The molecule has 1 heterocycles. The molecule has 4 heteroatoms. The van der Waals surface area contributed by atoms with Crippen molar-refractivity contribution in [1.82, 2.24) is 9.55 Å². The van der Waals surface area contributed by atoms with Gasteiger partial charge in [0, 0.05) is 12.6 Å². The normalized spacial score (nSPS) is 13.9. The average molecular weight is 297 g/mol. The maximum Gasteiger partial charge on any atom is 0.128 e. The summed E-state index contributed by atoms with van der Waals surface area (Å²) in [5, 5.41) is -0.196. The van der Waals surface area contributed by atoms with Gasteiger partial charge in [-0.1, -0.05) is 20.8 Å². The third-order valence-corrected chi connectivity index (χ3v) is 4.15. The zero-order valence-corrected chi connectivity index (χ0v) is 13.6. The number of rotatable bonds is 4. The molecule has 1 unspecified atom stereocenters. The molecule has 0 radical (unpaired) electrons. The summed E-state index contributed by atoms with van der Waals surface area (Å²) in [5.41, 5.74) is 2.44. The van der Waals surface area contributed by atoms with Crippen LogP contribution in [0, 0.1) is 18.2 Å². The van der Waals surface area contributed by atoms with Gasteiger partial charge in [0.25, 0.3) is 0 Å². The molecule has 0 aliphatic rings. The van der Waals surface area contributed by atoms with E-state index in [1.165, 1.54) is 6.07 Å². The summed E-state index contributed by atoms with van der Waals surface area (Å²) in [4.78, 5) is 4.52. The number of nitrogens with zero attached hydrogens (tertiary/aromatic N) is 2. The fourth-order valence-corrected chi connectivity index (χ4v) is 2.44. The molecule has 2 nitrogen and oxygen atoms in total. The van der Waals surface area contributed by atoms with Gasteiger partial charge in [0.2, 0.25) is 0 Å². The number of hydrogen-bond acceptors (Lipinski definition) is 1. The quantitative estimate of drug-likeness (QED) is 0.707. The van der Waals surface area contributed by atoms with Gasteiger partial charge in [-0.3, -0.25) is 0 Å². The van der Waals surface area contributed by atoms with E-state index in [0.717, 1.165) is 24.3 Å². The number of fused-ring (bicyclic) bond motifs is 1. The number of halogens is 2. The van der Waals surface area contributed by atoms with Gasteiger partial charge in [-0.25, -0.2) is 9.37 Å². The first kappa shape index (κ1) is 15.3. The summed E-state index contributed by atoms with van der Waals surface area (Å²) >= 11 is 6.25. The third-order valence-electron chi connectivity index (χ3n) is 3.96. The van der Waals surface area contributed by atoms with Crippen molar-refractivity contribution in [3.63, 3.8) is 0 Å². The second-order valence-corrected chi connectivity index (χ2v) is 6.93. The van der Waals surface area contributed by atoms with Crippen LogP contribution in [0.1, 0.15) is 50.9 Å². The van der Waals surface area contributed by atoms with E-state index in [0.29, 0.717) is 11.1 Å². The molecule has 1 aromatic carbocycles. The highest BCUT2D eigenvalue weighted by Gasteiger charge is 2.22. The molecule has 20 heavy (non-hydrogen) atoms. The second kappa shape index (κ2) is 5.36. The number of aryl methyl sites for hydroxylation is 1. The summed E-state index contributed by atoms with van der Waals surface area (Å²) in [6.07, 6.45) is 1.06. The molecule has 0 saturated carbocycles. The number of hydrogen-bond donors (Lipinski definition) is 0. The highest BCUT2D eigenvalue weighted by Crippen LogP contribution is 2.31. The lowest BCUT2D eigenvalue weighted by Gasteiger charge is -2.25. The van der Waals surface area contributed by atoms with Gasteiger partial charge < -0.3 is 4.57 Å². The number of imidazole rings is 1. The number of benzene rings is 1. The van der Waals surface area contributed by atoms with Crippen LogP contribution >= 0.6 is 11.6 Å². The molecular formula is C16H22ClFN2. The lowest BCUT2D eigenvalue weighted by molar-refractivity contribution is 0.294. The Hall–Kier alpha value is -1.09. The van der Waals surface area contributed by atoms with E-state index in [-0.39, 0.29) is 16.6 Å². The fourth-order valence-electron chi connectivity index (χ4n) is 2.28. The molecule has 0 N–H and O–H groups in total. The maximum atomic E-state index is 13.7.